The molecule has 1 aromatic heterocycles. The third-order valence-electron chi connectivity index (χ3n) is 2.37. The minimum absolute atomic E-state index is 0.521. The van der Waals surface area contributed by atoms with E-state index in [1.807, 2.05) is 12.1 Å². The van der Waals surface area contributed by atoms with Gasteiger partial charge in [-0.15, -0.1) is 11.8 Å². The van der Waals surface area contributed by atoms with Crippen molar-refractivity contribution in [3.8, 4) is 5.88 Å². The standard InChI is InChI=1S/C12H18N2OS/c1-8(2)16-11-6-5-10(13)12(14-11)15-7-9-3-4-9/h5-6,8-9H,3-4,7,13H2,1-2H3. The fraction of sp³-hybridized carbons (Fsp3) is 0.583. The van der Waals surface area contributed by atoms with Crippen molar-refractivity contribution in [1.82, 2.24) is 4.98 Å². The van der Waals surface area contributed by atoms with E-state index in [-0.39, 0.29) is 0 Å². The van der Waals surface area contributed by atoms with Crippen molar-refractivity contribution in [2.45, 2.75) is 37.0 Å². The van der Waals surface area contributed by atoms with Gasteiger partial charge in [-0.25, -0.2) is 4.98 Å². The van der Waals surface area contributed by atoms with E-state index in [2.05, 4.69) is 18.8 Å². The Kier molecular flexibility index (Phi) is 3.59. The van der Waals surface area contributed by atoms with Gasteiger partial charge in [0.15, 0.2) is 0 Å². The van der Waals surface area contributed by atoms with Gasteiger partial charge < -0.3 is 10.5 Å². The molecule has 0 spiro atoms. The number of nitrogen functional groups attached to an aromatic ring is 1. The lowest BCUT2D eigenvalue weighted by Gasteiger charge is -2.10. The molecule has 0 bridgehead atoms. The van der Waals surface area contributed by atoms with Crippen molar-refractivity contribution in [2.24, 2.45) is 5.92 Å². The van der Waals surface area contributed by atoms with E-state index in [0.29, 0.717) is 16.8 Å². The maximum absolute atomic E-state index is 5.83. The smallest absolute Gasteiger partial charge is 0.238 e. The number of thioether (sulfide) groups is 1. The van der Waals surface area contributed by atoms with Crippen LogP contribution in [0.15, 0.2) is 17.2 Å². The zero-order valence-electron chi connectivity index (χ0n) is 9.77. The molecule has 1 fully saturated rings. The van der Waals surface area contributed by atoms with E-state index in [1.54, 1.807) is 11.8 Å². The Labute approximate surface area is 101 Å². The minimum Gasteiger partial charge on any atom is -0.476 e. The quantitative estimate of drug-likeness (QED) is 0.801. The Morgan fingerprint density at radius 3 is 2.88 bits per heavy atom. The van der Waals surface area contributed by atoms with Crippen molar-refractivity contribution in [3.63, 3.8) is 0 Å². The second kappa shape index (κ2) is 4.95. The number of nitrogens with zero attached hydrogens (tertiary/aromatic N) is 1. The number of aromatic nitrogens is 1. The molecule has 1 aliphatic rings. The summed E-state index contributed by atoms with van der Waals surface area (Å²) in [6.45, 7) is 5.05. The largest absolute Gasteiger partial charge is 0.476 e. The zero-order valence-corrected chi connectivity index (χ0v) is 10.6. The Hall–Kier alpha value is -0.900. The SMILES string of the molecule is CC(C)Sc1ccc(N)c(OCC2CC2)n1. The monoisotopic (exact) mass is 238 g/mol. The van der Waals surface area contributed by atoms with Crippen molar-refractivity contribution in [3.05, 3.63) is 12.1 Å². The van der Waals surface area contributed by atoms with Crippen LogP contribution in [-0.2, 0) is 0 Å². The van der Waals surface area contributed by atoms with Crippen LogP contribution in [0.5, 0.6) is 5.88 Å². The van der Waals surface area contributed by atoms with Crippen LogP contribution >= 0.6 is 11.8 Å². The summed E-state index contributed by atoms with van der Waals surface area (Å²) in [6.07, 6.45) is 2.56. The molecule has 3 nitrogen and oxygen atoms in total. The van der Waals surface area contributed by atoms with Crippen molar-refractivity contribution < 1.29 is 4.74 Å². The van der Waals surface area contributed by atoms with Crippen molar-refractivity contribution in [1.29, 1.82) is 0 Å². The van der Waals surface area contributed by atoms with E-state index in [4.69, 9.17) is 10.5 Å². The Balaban J connectivity index is 2.02. The summed E-state index contributed by atoms with van der Waals surface area (Å²) in [5.74, 6) is 1.32. The van der Waals surface area contributed by atoms with Gasteiger partial charge in [-0.1, -0.05) is 13.8 Å². The fourth-order valence-corrected chi connectivity index (χ4v) is 2.10. The molecule has 0 atom stereocenters. The summed E-state index contributed by atoms with van der Waals surface area (Å²) in [6, 6.07) is 3.82. The minimum atomic E-state index is 0.521. The third kappa shape index (κ3) is 3.30. The lowest BCUT2D eigenvalue weighted by molar-refractivity contribution is 0.288. The number of pyridine rings is 1. The molecule has 88 valence electrons. The highest BCUT2D eigenvalue weighted by atomic mass is 32.2. The summed E-state index contributed by atoms with van der Waals surface area (Å²) < 4.78 is 5.63. The summed E-state index contributed by atoms with van der Waals surface area (Å²) >= 11 is 1.72. The van der Waals surface area contributed by atoms with Crippen LogP contribution in [0.2, 0.25) is 0 Å². The Morgan fingerprint density at radius 1 is 1.50 bits per heavy atom. The molecule has 0 aliphatic heterocycles. The van der Waals surface area contributed by atoms with Crippen LogP contribution in [-0.4, -0.2) is 16.8 Å². The number of hydrogen-bond donors (Lipinski definition) is 1. The van der Waals surface area contributed by atoms with Crippen LogP contribution in [0.25, 0.3) is 0 Å². The molecule has 0 amide bonds. The number of anilines is 1. The molecule has 0 saturated heterocycles. The highest BCUT2D eigenvalue weighted by molar-refractivity contribution is 7.99. The molecule has 0 aromatic carbocycles. The van der Waals surface area contributed by atoms with Crippen LogP contribution in [0, 0.1) is 5.92 Å². The second-order valence-corrected chi connectivity index (χ2v) is 6.06. The van der Waals surface area contributed by atoms with Crippen LogP contribution < -0.4 is 10.5 Å². The molecule has 1 aliphatic carbocycles. The van der Waals surface area contributed by atoms with Crippen molar-refractivity contribution in [2.75, 3.05) is 12.3 Å². The van der Waals surface area contributed by atoms with Crippen molar-refractivity contribution >= 4 is 17.4 Å². The average molecular weight is 238 g/mol. The van der Waals surface area contributed by atoms with Gasteiger partial charge in [0, 0.05) is 5.25 Å². The first-order valence-corrected chi connectivity index (χ1v) is 6.59. The van der Waals surface area contributed by atoms with Gasteiger partial charge in [0.2, 0.25) is 5.88 Å². The first-order valence-electron chi connectivity index (χ1n) is 5.71. The molecular formula is C12H18N2OS. The first kappa shape index (κ1) is 11.6. The molecular weight excluding hydrogens is 220 g/mol. The summed E-state index contributed by atoms with van der Waals surface area (Å²) in [7, 11) is 0. The number of rotatable bonds is 5. The number of hydrogen-bond acceptors (Lipinski definition) is 4. The molecule has 0 radical (unpaired) electrons. The van der Waals surface area contributed by atoms with E-state index >= 15 is 0 Å². The van der Waals surface area contributed by atoms with E-state index in [0.717, 1.165) is 17.6 Å². The number of nitrogens with two attached hydrogens (primary N) is 1. The van der Waals surface area contributed by atoms with Gasteiger partial charge in [0.25, 0.3) is 0 Å². The maximum atomic E-state index is 5.83. The van der Waals surface area contributed by atoms with E-state index < -0.39 is 0 Å². The third-order valence-corrected chi connectivity index (χ3v) is 3.31. The fourth-order valence-electron chi connectivity index (χ4n) is 1.34. The van der Waals surface area contributed by atoms with Gasteiger partial charge in [-0.2, -0.15) is 0 Å². The molecule has 16 heavy (non-hydrogen) atoms. The van der Waals surface area contributed by atoms with Crippen LogP contribution in [0.3, 0.4) is 0 Å². The predicted molar refractivity (Wildman–Crippen MR) is 67.9 cm³/mol. The van der Waals surface area contributed by atoms with Gasteiger partial charge >= 0.3 is 0 Å². The molecule has 2 rings (SSSR count). The van der Waals surface area contributed by atoms with Gasteiger partial charge in [0.1, 0.15) is 5.03 Å². The lowest BCUT2D eigenvalue weighted by atomic mass is 10.4. The van der Waals surface area contributed by atoms with Crippen LogP contribution in [0.4, 0.5) is 5.69 Å². The number of ether oxygens (including phenoxy) is 1. The lowest BCUT2D eigenvalue weighted by Crippen LogP contribution is -2.04. The second-order valence-electron chi connectivity index (χ2n) is 4.46. The van der Waals surface area contributed by atoms with Gasteiger partial charge in [-0.05, 0) is 30.9 Å². The summed E-state index contributed by atoms with van der Waals surface area (Å²) in [5.41, 5.74) is 6.46. The average Bonchev–Trinajstić information content (AvgIpc) is 3.02. The molecule has 1 heterocycles. The molecule has 0 unspecified atom stereocenters. The molecule has 2 N–H and O–H groups in total. The maximum Gasteiger partial charge on any atom is 0.238 e. The zero-order chi connectivity index (χ0) is 11.5. The molecule has 1 aromatic rings. The normalized spacial score (nSPS) is 15.4. The summed E-state index contributed by atoms with van der Waals surface area (Å²) in [5, 5.41) is 1.50. The van der Waals surface area contributed by atoms with Crippen LogP contribution in [0.1, 0.15) is 26.7 Å². The van der Waals surface area contributed by atoms with Gasteiger partial charge in [0.05, 0.1) is 12.3 Å². The Morgan fingerprint density at radius 2 is 2.25 bits per heavy atom. The highest BCUT2D eigenvalue weighted by Crippen LogP contribution is 2.31. The predicted octanol–water partition coefficient (Wildman–Crippen LogP) is 2.95. The Bertz CT molecular complexity index is 364. The summed E-state index contributed by atoms with van der Waals surface area (Å²) in [4.78, 5) is 4.43. The van der Waals surface area contributed by atoms with E-state index in [9.17, 15) is 0 Å². The molecule has 1 saturated carbocycles. The van der Waals surface area contributed by atoms with Gasteiger partial charge in [-0.3, -0.25) is 0 Å². The topological polar surface area (TPSA) is 48.1 Å². The van der Waals surface area contributed by atoms with E-state index in [1.165, 1.54) is 12.8 Å². The highest BCUT2D eigenvalue weighted by Gasteiger charge is 2.22. The first-order chi connectivity index (χ1) is 7.65. The molecule has 4 heteroatoms.